The Hall–Kier alpha value is -1.32. The topological polar surface area (TPSA) is 63.1 Å². The number of nitrogens with zero attached hydrogens (tertiary/aromatic N) is 1. The predicted molar refractivity (Wildman–Crippen MR) is 104 cm³/mol. The van der Waals surface area contributed by atoms with E-state index in [-0.39, 0.29) is 13.2 Å². The van der Waals surface area contributed by atoms with E-state index >= 15 is 0 Å². The first-order valence-electron chi connectivity index (χ1n) is 6.80. The molecule has 0 aliphatic heterocycles. The van der Waals surface area contributed by atoms with Crippen molar-refractivity contribution in [2.75, 3.05) is 25.7 Å². The standard InChI is InChI=1S/C16H16BrIN2O3/c1-22-15-9-11(8-14(18)16(15)23-7-6-21)10-19-20-13-4-2-12(17)3-5-13/h2-5,8-10,20-21H,6-7H2,1H3. The summed E-state index contributed by atoms with van der Waals surface area (Å²) in [7, 11) is 1.58. The lowest BCUT2D eigenvalue weighted by molar-refractivity contribution is 0.195. The second-order valence-corrected chi connectivity index (χ2v) is 6.56. The summed E-state index contributed by atoms with van der Waals surface area (Å²) < 4.78 is 12.8. The molecule has 0 aliphatic rings. The highest BCUT2D eigenvalue weighted by Gasteiger charge is 2.10. The third kappa shape index (κ3) is 5.36. The van der Waals surface area contributed by atoms with Crippen LogP contribution in [-0.2, 0) is 0 Å². The van der Waals surface area contributed by atoms with Crippen molar-refractivity contribution in [2.45, 2.75) is 0 Å². The van der Waals surface area contributed by atoms with Gasteiger partial charge < -0.3 is 14.6 Å². The Morgan fingerprint density at radius 3 is 2.70 bits per heavy atom. The van der Waals surface area contributed by atoms with Crippen molar-refractivity contribution in [3.8, 4) is 11.5 Å². The first kappa shape index (κ1) is 18.0. The number of rotatable bonds is 7. The maximum Gasteiger partial charge on any atom is 0.174 e. The van der Waals surface area contributed by atoms with Gasteiger partial charge >= 0.3 is 0 Å². The molecule has 0 atom stereocenters. The third-order valence-corrected chi connectivity index (χ3v) is 4.17. The van der Waals surface area contributed by atoms with E-state index in [9.17, 15) is 0 Å². The Labute approximate surface area is 157 Å². The number of halogens is 2. The molecule has 0 unspecified atom stereocenters. The molecule has 0 radical (unpaired) electrons. The summed E-state index contributed by atoms with van der Waals surface area (Å²) in [5.41, 5.74) is 4.75. The van der Waals surface area contributed by atoms with Gasteiger partial charge in [0.1, 0.15) is 6.61 Å². The van der Waals surface area contributed by atoms with E-state index in [1.165, 1.54) is 0 Å². The fourth-order valence-electron chi connectivity index (χ4n) is 1.81. The zero-order valence-corrected chi connectivity index (χ0v) is 16.2. The Morgan fingerprint density at radius 2 is 2.04 bits per heavy atom. The van der Waals surface area contributed by atoms with Gasteiger partial charge in [0, 0.05) is 4.47 Å². The molecule has 0 spiro atoms. The van der Waals surface area contributed by atoms with Crippen LogP contribution < -0.4 is 14.9 Å². The predicted octanol–water partition coefficient (Wildman–Crippen LogP) is 3.88. The van der Waals surface area contributed by atoms with E-state index in [1.54, 1.807) is 13.3 Å². The maximum absolute atomic E-state index is 8.88. The molecule has 0 bridgehead atoms. The summed E-state index contributed by atoms with van der Waals surface area (Å²) >= 11 is 5.56. The lowest BCUT2D eigenvalue weighted by Crippen LogP contribution is -2.05. The van der Waals surface area contributed by atoms with Crippen molar-refractivity contribution in [3.63, 3.8) is 0 Å². The number of anilines is 1. The van der Waals surface area contributed by atoms with Crippen LogP contribution in [0.2, 0.25) is 0 Å². The molecule has 23 heavy (non-hydrogen) atoms. The van der Waals surface area contributed by atoms with Gasteiger partial charge in [0.05, 0.1) is 29.2 Å². The van der Waals surface area contributed by atoms with Gasteiger partial charge in [-0.05, 0) is 64.6 Å². The highest BCUT2D eigenvalue weighted by Crippen LogP contribution is 2.33. The van der Waals surface area contributed by atoms with Crippen LogP contribution in [0.15, 0.2) is 46.0 Å². The zero-order chi connectivity index (χ0) is 16.7. The van der Waals surface area contributed by atoms with Gasteiger partial charge in [-0.2, -0.15) is 5.10 Å². The van der Waals surface area contributed by atoms with Crippen LogP contribution in [0, 0.1) is 3.57 Å². The van der Waals surface area contributed by atoms with Crippen LogP contribution in [0.1, 0.15) is 5.56 Å². The van der Waals surface area contributed by atoms with Crippen LogP contribution in [-0.4, -0.2) is 31.6 Å². The van der Waals surface area contributed by atoms with Crippen LogP contribution in [0.25, 0.3) is 0 Å². The van der Waals surface area contributed by atoms with E-state index < -0.39 is 0 Å². The molecule has 7 heteroatoms. The summed E-state index contributed by atoms with van der Waals surface area (Å²) in [6, 6.07) is 11.5. The van der Waals surface area contributed by atoms with Gasteiger partial charge in [-0.25, -0.2) is 0 Å². The molecule has 122 valence electrons. The number of aliphatic hydroxyl groups excluding tert-OH is 1. The van der Waals surface area contributed by atoms with Gasteiger partial charge in [0.2, 0.25) is 0 Å². The van der Waals surface area contributed by atoms with Gasteiger partial charge in [-0.15, -0.1) is 0 Å². The molecule has 2 N–H and O–H groups in total. The molecule has 0 aliphatic carbocycles. The first-order chi connectivity index (χ1) is 11.1. The Morgan fingerprint density at radius 1 is 1.30 bits per heavy atom. The van der Waals surface area contributed by atoms with Crippen molar-refractivity contribution < 1.29 is 14.6 Å². The van der Waals surface area contributed by atoms with E-state index in [0.29, 0.717) is 11.5 Å². The molecule has 0 fully saturated rings. The molecule has 2 aromatic carbocycles. The smallest absolute Gasteiger partial charge is 0.174 e. The minimum Gasteiger partial charge on any atom is -0.493 e. The number of hydrogen-bond donors (Lipinski definition) is 2. The number of hydrazone groups is 1. The zero-order valence-electron chi connectivity index (χ0n) is 12.4. The van der Waals surface area contributed by atoms with Crippen molar-refractivity contribution in [1.82, 2.24) is 0 Å². The third-order valence-electron chi connectivity index (χ3n) is 2.84. The van der Waals surface area contributed by atoms with Crippen molar-refractivity contribution >= 4 is 50.4 Å². The number of aliphatic hydroxyl groups is 1. The van der Waals surface area contributed by atoms with Crippen LogP contribution in [0.5, 0.6) is 11.5 Å². The normalized spacial score (nSPS) is 10.8. The molecule has 0 amide bonds. The Balaban J connectivity index is 2.11. The molecular weight excluding hydrogens is 475 g/mol. The molecule has 5 nitrogen and oxygen atoms in total. The van der Waals surface area contributed by atoms with Gasteiger partial charge in [-0.3, -0.25) is 5.43 Å². The summed E-state index contributed by atoms with van der Waals surface area (Å²) in [6.07, 6.45) is 1.71. The second-order valence-electron chi connectivity index (χ2n) is 4.48. The number of ether oxygens (including phenoxy) is 2. The number of benzene rings is 2. The minimum absolute atomic E-state index is 0.0421. The lowest BCUT2D eigenvalue weighted by Gasteiger charge is -2.12. The van der Waals surface area contributed by atoms with Gasteiger partial charge in [-0.1, -0.05) is 15.9 Å². The molecule has 0 aromatic heterocycles. The fourth-order valence-corrected chi connectivity index (χ4v) is 2.85. The molecule has 2 rings (SSSR count). The number of methoxy groups -OCH3 is 1. The quantitative estimate of drug-likeness (QED) is 0.351. The summed E-state index contributed by atoms with van der Waals surface area (Å²) in [5, 5.41) is 13.1. The highest BCUT2D eigenvalue weighted by molar-refractivity contribution is 14.1. The van der Waals surface area contributed by atoms with E-state index in [4.69, 9.17) is 14.6 Å². The minimum atomic E-state index is -0.0421. The van der Waals surface area contributed by atoms with Crippen molar-refractivity contribution in [2.24, 2.45) is 5.10 Å². The first-order valence-corrected chi connectivity index (χ1v) is 8.67. The fraction of sp³-hybridized carbons (Fsp3) is 0.188. The van der Waals surface area contributed by atoms with Gasteiger partial charge in [0.25, 0.3) is 0 Å². The van der Waals surface area contributed by atoms with E-state index in [1.807, 2.05) is 36.4 Å². The SMILES string of the molecule is COc1cc(C=NNc2ccc(Br)cc2)cc(I)c1OCCO. The monoisotopic (exact) mass is 490 g/mol. The molecule has 0 saturated carbocycles. The molecule has 0 heterocycles. The number of nitrogens with one attached hydrogen (secondary N) is 1. The molecular formula is C16H16BrIN2O3. The Kier molecular flexibility index (Phi) is 7.13. The highest BCUT2D eigenvalue weighted by atomic mass is 127. The summed E-state index contributed by atoms with van der Waals surface area (Å²) in [5.74, 6) is 1.23. The Bertz CT molecular complexity index is 678. The maximum atomic E-state index is 8.88. The van der Waals surface area contributed by atoms with Gasteiger partial charge in [0.15, 0.2) is 11.5 Å². The molecule has 0 saturated heterocycles. The summed E-state index contributed by atoms with van der Waals surface area (Å²) in [4.78, 5) is 0. The van der Waals surface area contributed by atoms with E-state index in [2.05, 4.69) is 49.0 Å². The average Bonchev–Trinajstić information content (AvgIpc) is 2.55. The number of hydrogen-bond acceptors (Lipinski definition) is 5. The second kappa shape index (κ2) is 9.09. The molecule has 2 aromatic rings. The average molecular weight is 491 g/mol. The summed E-state index contributed by atoms with van der Waals surface area (Å²) in [6.45, 7) is 0.185. The lowest BCUT2D eigenvalue weighted by atomic mass is 10.2. The van der Waals surface area contributed by atoms with Crippen molar-refractivity contribution in [1.29, 1.82) is 0 Å². The van der Waals surface area contributed by atoms with Crippen LogP contribution >= 0.6 is 38.5 Å². The van der Waals surface area contributed by atoms with Crippen LogP contribution in [0.3, 0.4) is 0 Å². The van der Waals surface area contributed by atoms with Crippen LogP contribution in [0.4, 0.5) is 5.69 Å². The largest absolute Gasteiger partial charge is 0.493 e. The van der Waals surface area contributed by atoms with E-state index in [0.717, 1.165) is 19.3 Å². The van der Waals surface area contributed by atoms with Crippen molar-refractivity contribution in [3.05, 3.63) is 50.0 Å².